The molecule has 0 aliphatic carbocycles. The van der Waals surface area contributed by atoms with E-state index in [0.29, 0.717) is 19.5 Å². The van der Waals surface area contributed by atoms with Gasteiger partial charge < -0.3 is 9.80 Å². The zero-order valence-corrected chi connectivity index (χ0v) is 16.7. The Morgan fingerprint density at radius 2 is 1.79 bits per heavy atom. The van der Waals surface area contributed by atoms with Gasteiger partial charge in [-0.2, -0.15) is 0 Å². The number of benzene rings is 2. The fourth-order valence-electron chi connectivity index (χ4n) is 4.58. The highest BCUT2D eigenvalue weighted by Gasteiger charge is 2.36. The number of anilines is 1. The van der Waals surface area contributed by atoms with E-state index in [4.69, 9.17) is 0 Å². The largest absolute Gasteiger partial charge is 0.342 e. The average molecular weight is 377 g/mol. The van der Waals surface area contributed by atoms with E-state index in [1.807, 2.05) is 47.1 Å². The van der Waals surface area contributed by atoms with E-state index in [-0.39, 0.29) is 23.8 Å². The highest BCUT2D eigenvalue weighted by molar-refractivity contribution is 5.97. The first-order valence-electron chi connectivity index (χ1n) is 10.3. The summed E-state index contributed by atoms with van der Waals surface area (Å²) < 4.78 is 0. The molecular formula is C24H28N2O2. The maximum Gasteiger partial charge on any atom is 0.230 e. The Morgan fingerprint density at radius 3 is 2.54 bits per heavy atom. The number of aryl methyl sites for hydroxylation is 1. The highest BCUT2D eigenvalue weighted by Crippen LogP contribution is 2.34. The van der Waals surface area contributed by atoms with Gasteiger partial charge in [0.2, 0.25) is 11.8 Å². The summed E-state index contributed by atoms with van der Waals surface area (Å²) in [6.07, 6.45) is 2.88. The Labute approximate surface area is 167 Å². The minimum atomic E-state index is 0.0108. The predicted octanol–water partition coefficient (Wildman–Crippen LogP) is 3.75. The maximum atomic E-state index is 13.2. The fraction of sp³-hybridized carbons (Fsp3) is 0.417. The van der Waals surface area contributed by atoms with Crippen LogP contribution >= 0.6 is 0 Å². The van der Waals surface area contributed by atoms with Gasteiger partial charge in [0.15, 0.2) is 0 Å². The van der Waals surface area contributed by atoms with Gasteiger partial charge in [-0.05, 0) is 50.3 Å². The number of hydrogen-bond donors (Lipinski definition) is 0. The van der Waals surface area contributed by atoms with Gasteiger partial charge >= 0.3 is 0 Å². The van der Waals surface area contributed by atoms with Crippen LogP contribution in [0.2, 0.25) is 0 Å². The monoisotopic (exact) mass is 376 g/mol. The molecule has 0 N–H and O–H groups in total. The molecule has 1 unspecified atom stereocenters. The van der Waals surface area contributed by atoms with E-state index in [1.165, 1.54) is 11.1 Å². The number of likely N-dealkylation sites (tertiary alicyclic amines) is 1. The van der Waals surface area contributed by atoms with E-state index in [9.17, 15) is 9.59 Å². The molecule has 2 aromatic carbocycles. The standard InChI is InChI=1S/C24H28N2O2/c1-17-6-5-7-19(14-17)16-23(27)25-12-10-20(11-13-25)24(28)26-18(2)15-21-8-3-4-9-22(21)26/h3-9,14,18,20H,10-13,15-16H2,1-2H3. The highest BCUT2D eigenvalue weighted by atomic mass is 16.2. The molecule has 2 amide bonds. The third kappa shape index (κ3) is 3.68. The number of amides is 2. The van der Waals surface area contributed by atoms with Crippen molar-refractivity contribution in [3.63, 3.8) is 0 Å². The molecule has 4 heteroatoms. The predicted molar refractivity (Wildman–Crippen MR) is 111 cm³/mol. The molecule has 1 saturated heterocycles. The van der Waals surface area contributed by atoms with Crippen LogP contribution in [0, 0.1) is 12.8 Å². The van der Waals surface area contributed by atoms with Crippen LogP contribution in [0.3, 0.4) is 0 Å². The Bertz CT molecular complexity index is 884. The van der Waals surface area contributed by atoms with Gasteiger partial charge in [0.05, 0.1) is 6.42 Å². The van der Waals surface area contributed by atoms with Gasteiger partial charge in [-0.15, -0.1) is 0 Å². The summed E-state index contributed by atoms with van der Waals surface area (Å²) in [5.74, 6) is 0.399. The van der Waals surface area contributed by atoms with Crippen molar-refractivity contribution < 1.29 is 9.59 Å². The number of piperidine rings is 1. The first-order chi connectivity index (χ1) is 13.5. The molecule has 1 fully saturated rings. The molecule has 2 heterocycles. The van der Waals surface area contributed by atoms with Crippen molar-refractivity contribution in [2.24, 2.45) is 5.92 Å². The lowest BCUT2D eigenvalue weighted by Gasteiger charge is -2.34. The summed E-state index contributed by atoms with van der Waals surface area (Å²) >= 11 is 0. The summed E-state index contributed by atoms with van der Waals surface area (Å²) in [5, 5.41) is 0. The second kappa shape index (κ2) is 7.78. The number of para-hydroxylation sites is 1. The number of fused-ring (bicyclic) bond motifs is 1. The first kappa shape index (κ1) is 18.7. The number of rotatable bonds is 3. The van der Waals surface area contributed by atoms with Crippen LogP contribution < -0.4 is 4.90 Å². The lowest BCUT2D eigenvalue weighted by molar-refractivity contribution is -0.134. The smallest absolute Gasteiger partial charge is 0.230 e. The normalized spacial score (nSPS) is 19.6. The van der Waals surface area contributed by atoms with Crippen molar-refractivity contribution in [2.75, 3.05) is 18.0 Å². The molecule has 1 atom stereocenters. The minimum absolute atomic E-state index is 0.0108. The topological polar surface area (TPSA) is 40.6 Å². The molecule has 0 bridgehead atoms. The van der Waals surface area contributed by atoms with Gasteiger partial charge in [-0.1, -0.05) is 48.0 Å². The maximum absolute atomic E-state index is 13.2. The van der Waals surface area contributed by atoms with Crippen LogP contribution in [0.25, 0.3) is 0 Å². The molecule has 2 aliphatic heterocycles. The van der Waals surface area contributed by atoms with Crippen molar-refractivity contribution in [3.8, 4) is 0 Å². The summed E-state index contributed by atoms with van der Waals surface area (Å²) in [4.78, 5) is 29.8. The van der Waals surface area contributed by atoms with Gasteiger partial charge in [0.25, 0.3) is 0 Å². The van der Waals surface area contributed by atoms with E-state index in [1.54, 1.807) is 0 Å². The average Bonchev–Trinajstić information content (AvgIpc) is 3.03. The lowest BCUT2D eigenvalue weighted by atomic mass is 9.94. The third-order valence-corrected chi connectivity index (χ3v) is 6.08. The molecule has 2 aromatic rings. The van der Waals surface area contributed by atoms with Crippen LogP contribution in [-0.4, -0.2) is 35.8 Å². The number of carbonyl (C=O) groups is 2. The van der Waals surface area contributed by atoms with Crippen molar-refractivity contribution in [3.05, 3.63) is 65.2 Å². The van der Waals surface area contributed by atoms with Crippen LogP contribution in [0.5, 0.6) is 0 Å². The summed E-state index contributed by atoms with van der Waals surface area (Å²) in [5.41, 5.74) is 4.56. The zero-order chi connectivity index (χ0) is 19.7. The van der Waals surface area contributed by atoms with E-state index in [0.717, 1.165) is 30.5 Å². The van der Waals surface area contributed by atoms with Crippen molar-refractivity contribution in [2.45, 2.75) is 45.6 Å². The third-order valence-electron chi connectivity index (χ3n) is 6.08. The molecule has 0 radical (unpaired) electrons. The molecule has 146 valence electrons. The molecule has 4 nitrogen and oxygen atoms in total. The van der Waals surface area contributed by atoms with Crippen LogP contribution in [0.15, 0.2) is 48.5 Å². The molecular weight excluding hydrogens is 348 g/mol. The van der Waals surface area contributed by atoms with Gasteiger partial charge in [-0.3, -0.25) is 9.59 Å². The lowest BCUT2D eigenvalue weighted by Crippen LogP contribution is -2.46. The molecule has 2 aliphatic rings. The van der Waals surface area contributed by atoms with Crippen molar-refractivity contribution in [1.82, 2.24) is 4.90 Å². The Hall–Kier alpha value is -2.62. The number of nitrogens with zero attached hydrogens (tertiary/aromatic N) is 2. The van der Waals surface area contributed by atoms with E-state index >= 15 is 0 Å². The number of carbonyl (C=O) groups excluding carboxylic acids is 2. The Kier molecular flexibility index (Phi) is 5.21. The Balaban J connectivity index is 1.36. The molecule has 0 saturated carbocycles. The van der Waals surface area contributed by atoms with Crippen LogP contribution in [-0.2, 0) is 22.4 Å². The van der Waals surface area contributed by atoms with Gasteiger partial charge in [0, 0.05) is 30.7 Å². The summed E-state index contributed by atoms with van der Waals surface area (Å²) in [7, 11) is 0. The van der Waals surface area contributed by atoms with Crippen molar-refractivity contribution >= 4 is 17.5 Å². The molecule has 28 heavy (non-hydrogen) atoms. The van der Waals surface area contributed by atoms with Gasteiger partial charge in [0.1, 0.15) is 0 Å². The fourth-order valence-corrected chi connectivity index (χ4v) is 4.58. The van der Waals surface area contributed by atoms with Crippen molar-refractivity contribution in [1.29, 1.82) is 0 Å². The quantitative estimate of drug-likeness (QED) is 0.818. The minimum Gasteiger partial charge on any atom is -0.342 e. The first-order valence-corrected chi connectivity index (χ1v) is 10.3. The zero-order valence-electron chi connectivity index (χ0n) is 16.7. The summed E-state index contributed by atoms with van der Waals surface area (Å²) in [6, 6.07) is 16.5. The second-order valence-corrected chi connectivity index (χ2v) is 8.21. The SMILES string of the molecule is Cc1cccc(CC(=O)N2CCC(C(=O)N3c4ccccc4CC3C)CC2)c1. The Morgan fingerprint density at radius 1 is 1.04 bits per heavy atom. The van der Waals surface area contributed by atoms with Crippen LogP contribution in [0.1, 0.15) is 36.5 Å². The van der Waals surface area contributed by atoms with Gasteiger partial charge in [-0.25, -0.2) is 0 Å². The summed E-state index contributed by atoms with van der Waals surface area (Å²) in [6.45, 7) is 5.51. The molecule has 4 rings (SSSR count). The van der Waals surface area contributed by atoms with E-state index in [2.05, 4.69) is 25.1 Å². The van der Waals surface area contributed by atoms with E-state index < -0.39 is 0 Å². The molecule has 0 aromatic heterocycles. The number of hydrogen-bond acceptors (Lipinski definition) is 2. The van der Waals surface area contributed by atoms with Crippen LogP contribution in [0.4, 0.5) is 5.69 Å². The molecule has 0 spiro atoms. The second-order valence-electron chi connectivity index (χ2n) is 8.21.